The first kappa shape index (κ1) is 12.3. The van der Waals surface area contributed by atoms with Crippen LogP contribution in [0.2, 0.25) is 0 Å². The highest BCUT2D eigenvalue weighted by Gasteiger charge is 2.11. The van der Waals surface area contributed by atoms with Crippen LogP contribution in [0, 0.1) is 5.92 Å². The van der Waals surface area contributed by atoms with Gasteiger partial charge in [0.25, 0.3) is 0 Å². The lowest BCUT2D eigenvalue weighted by molar-refractivity contribution is 0.299. The zero-order chi connectivity index (χ0) is 12.3. The predicted molar refractivity (Wildman–Crippen MR) is 71.2 cm³/mol. The van der Waals surface area contributed by atoms with Gasteiger partial charge in [-0.25, -0.2) is 0 Å². The van der Waals surface area contributed by atoms with E-state index in [0.717, 1.165) is 23.4 Å². The molecule has 17 heavy (non-hydrogen) atoms. The normalized spacial score (nSPS) is 11.3. The number of rotatable bonds is 5. The topological polar surface area (TPSA) is 38.0 Å². The van der Waals surface area contributed by atoms with Crippen molar-refractivity contribution in [1.29, 1.82) is 0 Å². The zero-order valence-electron chi connectivity index (χ0n) is 10.3. The van der Waals surface area contributed by atoms with Crippen molar-refractivity contribution >= 4 is 11.3 Å². The van der Waals surface area contributed by atoms with Crippen LogP contribution in [0.4, 0.5) is 0 Å². The van der Waals surface area contributed by atoms with Gasteiger partial charge in [-0.05, 0) is 23.8 Å². The minimum Gasteiger partial charge on any atom is -0.396 e. The molecule has 0 aliphatic rings. The van der Waals surface area contributed by atoms with E-state index >= 15 is 0 Å². The maximum absolute atomic E-state index is 9.10. The molecule has 0 bridgehead atoms. The molecule has 92 valence electrons. The molecule has 0 amide bonds. The third kappa shape index (κ3) is 2.96. The summed E-state index contributed by atoms with van der Waals surface area (Å²) in [6, 6.07) is 2.08. The Kier molecular flexibility index (Phi) is 3.97. The number of nitrogens with zero attached hydrogens (tertiary/aromatic N) is 2. The molecule has 2 aromatic rings. The molecule has 0 saturated heterocycles. The van der Waals surface area contributed by atoms with Crippen LogP contribution in [0.3, 0.4) is 0 Å². The van der Waals surface area contributed by atoms with Gasteiger partial charge < -0.3 is 5.11 Å². The Hall–Kier alpha value is -1.13. The van der Waals surface area contributed by atoms with Crippen molar-refractivity contribution in [3.05, 3.63) is 28.6 Å². The molecule has 0 aliphatic heterocycles. The lowest BCUT2D eigenvalue weighted by atomic mass is 10.1. The summed E-state index contributed by atoms with van der Waals surface area (Å²) in [6.07, 6.45) is 2.73. The van der Waals surface area contributed by atoms with Gasteiger partial charge in [0.15, 0.2) is 0 Å². The highest BCUT2D eigenvalue weighted by Crippen LogP contribution is 2.25. The summed E-state index contributed by atoms with van der Waals surface area (Å²) in [5.41, 5.74) is 3.30. The van der Waals surface area contributed by atoms with Gasteiger partial charge in [0.05, 0.1) is 5.69 Å². The van der Waals surface area contributed by atoms with E-state index in [0.29, 0.717) is 12.3 Å². The third-order valence-corrected chi connectivity index (χ3v) is 3.25. The molecule has 0 unspecified atom stereocenters. The lowest BCUT2D eigenvalue weighted by Crippen LogP contribution is -2.04. The molecule has 2 aromatic heterocycles. The summed E-state index contributed by atoms with van der Waals surface area (Å²) in [5, 5.41) is 17.9. The van der Waals surface area contributed by atoms with Crippen LogP contribution >= 0.6 is 11.3 Å². The molecule has 0 atom stereocenters. The van der Waals surface area contributed by atoms with Crippen molar-refractivity contribution < 1.29 is 5.11 Å². The van der Waals surface area contributed by atoms with Gasteiger partial charge in [-0.1, -0.05) is 13.8 Å². The smallest absolute Gasteiger partial charge is 0.0964 e. The Balaban J connectivity index is 2.32. The number of thiophene rings is 1. The van der Waals surface area contributed by atoms with E-state index in [2.05, 4.69) is 42.0 Å². The van der Waals surface area contributed by atoms with Crippen LogP contribution in [0.15, 0.2) is 23.0 Å². The van der Waals surface area contributed by atoms with Crippen LogP contribution in [0.25, 0.3) is 11.3 Å². The molecule has 0 aromatic carbocycles. The van der Waals surface area contributed by atoms with Gasteiger partial charge in [-0.15, -0.1) is 0 Å². The Morgan fingerprint density at radius 3 is 2.88 bits per heavy atom. The molecule has 0 fully saturated rings. The van der Waals surface area contributed by atoms with Crippen molar-refractivity contribution in [2.75, 3.05) is 6.61 Å². The number of aliphatic hydroxyl groups excluding tert-OH is 1. The molecule has 0 radical (unpaired) electrons. The van der Waals surface area contributed by atoms with E-state index in [1.807, 2.05) is 4.68 Å². The molecule has 0 spiro atoms. The van der Waals surface area contributed by atoms with Gasteiger partial charge in [-0.3, -0.25) is 4.68 Å². The van der Waals surface area contributed by atoms with Gasteiger partial charge in [0.1, 0.15) is 0 Å². The summed E-state index contributed by atoms with van der Waals surface area (Å²) < 4.78 is 1.99. The predicted octanol–water partition coefficient (Wildman–Crippen LogP) is 2.80. The average Bonchev–Trinajstić information content (AvgIpc) is 2.86. The van der Waals surface area contributed by atoms with E-state index in [4.69, 9.17) is 5.11 Å². The maximum Gasteiger partial charge on any atom is 0.0964 e. The summed E-state index contributed by atoms with van der Waals surface area (Å²) in [5.74, 6) is 0.576. The second-order valence-corrected chi connectivity index (χ2v) is 5.38. The van der Waals surface area contributed by atoms with Crippen LogP contribution in [0.5, 0.6) is 0 Å². The largest absolute Gasteiger partial charge is 0.396 e. The fourth-order valence-electron chi connectivity index (χ4n) is 1.88. The minimum atomic E-state index is 0.171. The third-order valence-electron chi connectivity index (χ3n) is 2.57. The molecule has 1 N–H and O–H groups in total. The number of hydrogen-bond acceptors (Lipinski definition) is 3. The van der Waals surface area contributed by atoms with E-state index in [1.165, 1.54) is 0 Å². The first-order chi connectivity index (χ1) is 8.20. The highest BCUT2D eigenvalue weighted by atomic mass is 32.1. The van der Waals surface area contributed by atoms with Gasteiger partial charge in [-0.2, -0.15) is 16.4 Å². The number of aliphatic hydroxyl groups is 1. The Morgan fingerprint density at radius 2 is 2.29 bits per heavy atom. The van der Waals surface area contributed by atoms with Crippen molar-refractivity contribution in [1.82, 2.24) is 9.78 Å². The molecule has 2 heterocycles. The zero-order valence-corrected chi connectivity index (χ0v) is 11.1. The van der Waals surface area contributed by atoms with E-state index in [-0.39, 0.29) is 6.61 Å². The standard InChI is InChI=1S/C13H18N2OS/c1-10(2)7-15-8-11(3-5-16)13(14-15)12-4-6-17-9-12/h4,6,8-10,16H,3,5,7H2,1-2H3. The molecular formula is C13H18N2OS. The second kappa shape index (κ2) is 5.47. The maximum atomic E-state index is 9.10. The molecule has 0 aliphatic carbocycles. The Morgan fingerprint density at radius 1 is 1.47 bits per heavy atom. The Bertz CT molecular complexity index is 460. The minimum absolute atomic E-state index is 0.171. The van der Waals surface area contributed by atoms with Crippen molar-refractivity contribution in [2.45, 2.75) is 26.8 Å². The van der Waals surface area contributed by atoms with Crippen LogP contribution in [-0.4, -0.2) is 21.5 Å². The number of hydrogen-bond donors (Lipinski definition) is 1. The van der Waals surface area contributed by atoms with Crippen molar-refractivity contribution in [3.8, 4) is 11.3 Å². The summed E-state index contributed by atoms with van der Waals surface area (Å²) in [6.45, 7) is 5.45. The quantitative estimate of drug-likeness (QED) is 0.886. The monoisotopic (exact) mass is 250 g/mol. The van der Waals surface area contributed by atoms with Gasteiger partial charge >= 0.3 is 0 Å². The van der Waals surface area contributed by atoms with Crippen LogP contribution in [0.1, 0.15) is 19.4 Å². The van der Waals surface area contributed by atoms with E-state index < -0.39 is 0 Å². The lowest BCUT2D eigenvalue weighted by Gasteiger charge is -2.03. The van der Waals surface area contributed by atoms with Gasteiger partial charge in [0.2, 0.25) is 0 Å². The van der Waals surface area contributed by atoms with Crippen molar-refractivity contribution in [3.63, 3.8) is 0 Å². The van der Waals surface area contributed by atoms with E-state index in [9.17, 15) is 0 Å². The molecule has 2 rings (SSSR count). The van der Waals surface area contributed by atoms with Crippen LogP contribution < -0.4 is 0 Å². The van der Waals surface area contributed by atoms with Gasteiger partial charge in [0, 0.05) is 35.9 Å². The first-order valence-corrected chi connectivity index (χ1v) is 6.84. The van der Waals surface area contributed by atoms with E-state index in [1.54, 1.807) is 11.3 Å². The highest BCUT2D eigenvalue weighted by molar-refractivity contribution is 7.08. The van der Waals surface area contributed by atoms with Crippen molar-refractivity contribution in [2.24, 2.45) is 5.92 Å². The van der Waals surface area contributed by atoms with Crippen LogP contribution in [-0.2, 0) is 13.0 Å². The molecule has 0 saturated carbocycles. The Labute approximate surface area is 106 Å². The fraction of sp³-hybridized carbons (Fsp3) is 0.462. The fourth-order valence-corrected chi connectivity index (χ4v) is 2.52. The first-order valence-electron chi connectivity index (χ1n) is 5.90. The molecule has 4 heteroatoms. The SMILES string of the molecule is CC(C)Cn1cc(CCO)c(-c2ccsc2)n1. The number of aromatic nitrogens is 2. The summed E-state index contributed by atoms with van der Waals surface area (Å²) >= 11 is 1.67. The molecule has 3 nitrogen and oxygen atoms in total. The summed E-state index contributed by atoms with van der Waals surface area (Å²) in [7, 11) is 0. The average molecular weight is 250 g/mol. The summed E-state index contributed by atoms with van der Waals surface area (Å²) in [4.78, 5) is 0. The molecular weight excluding hydrogens is 232 g/mol. The second-order valence-electron chi connectivity index (χ2n) is 4.60.